The highest BCUT2D eigenvalue weighted by atomic mass is 16.4. The van der Waals surface area contributed by atoms with E-state index in [0.717, 1.165) is 67.4 Å². The number of carbonyl (C=O) groups excluding carboxylic acids is 1. The first-order chi connectivity index (χ1) is 18.5. The first-order valence-electron chi connectivity index (χ1n) is 13.5. The summed E-state index contributed by atoms with van der Waals surface area (Å²) in [6, 6.07) is 13.4. The van der Waals surface area contributed by atoms with E-state index in [2.05, 4.69) is 20.5 Å². The summed E-state index contributed by atoms with van der Waals surface area (Å²) in [5.41, 5.74) is 2.87. The highest BCUT2D eigenvalue weighted by molar-refractivity contribution is 6.07. The van der Waals surface area contributed by atoms with Gasteiger partial charge < -0.3 is 25.7 Å². The number of aliphatic hydroxyl groups is 1. The van der Waals surface area contributed by atoms with Crippen molar-refractivity contribution in [3.63, 3.8) is 0 Å². The zero-order chi connectivity index (χ0) is 26.5. The largest absolute Gasteiger partial charge is 0.465 e. The molecule has 3 heterocycles. The number of amides is 2. The molecule has 1 saturated heterocycles. The summed E-state index contributed by atoms with van der Waals surface area (Å²) >= 11 is 0. The Balaban J connectivity index is 1.28. The van der Waals surface area contributed by atoms with Gasteiger partial charge in [0, 0.05) is 43.3 Å². The van der Waals surface area contributed by atoms with Crippen molar-refractivity contribution < 1.29 is 19.8 Å². The molecule has 2 fully saturated rings. The molecule has 2 aromatic heterocycles. The fourth-order valence-corrected chi connectivity index (χ4v) is 5.60. The molecule has 1 atom stereocenters. The Morgan fingerprint density at radius 1 is 0.974 bits per heavy atom. The first kappa shape index (κ1) is 25.9. The number of carbonyl (C=O) groups is 2. The number of aliphatic hydroxyl groups excluding tert-OH is 1. The van der Waals surface area contributed by atoms with Crippen molar-refractivity contribution in [2.24, 2.45) is 11.8 Å². The summed E-state index contributed by atoms with van der Waals surface area (Å²) in [6.45, 7) is 2.56. The van der Waals surface area contributed by atoms with Crippen LogP contribution in [0.4, 0.5) is 10.6 Å². The molecule has 0 spiro atoms. The third kappa shape index (κ3) is 6.22. The topological polar surface area (TPSA) is 128 Å². The normalized spacial score (nSPS) is 21.7. The van der Waals surface area contributed by atoms with Gasteiger partial charge >= 0.3 is 6.09 Å². The maximum atomic E-state index is 13.4. The fraction of sp³-hybridized carbons (Fsp3) is 0.448. The average Bonchev–Trinajstić information content (AvgIpc) is 2.95. The lowest BCUT2D eigenvalue weighted by Gasteiger charge is -2.31. The lowest BCUT2D eigenvalue weighted by Crippen LogP contribution is -2.38. The lowest BCUT2D eigenvalue weighted by atomic mass is 9.82. The van der Waals surface area contributed by atoms with E-state index in [1.54, 1.807) is 6.20 Å². The van der Waals surface area contributed by atoms with Crippen molar-refractivity contribution in [2.45, 2.75) is 44.6 Å². The van der Waals surface area contributed by atoms with Crippen LogP contribution >= 0.6 is 0 Å². The minimum absolute atomic E-state index is 0.119. The van der Waals surface area contributed by atoms with E-state index in [1.807, 2.05) is 42.5 Å². The van der Waals surface area contributed by atoms with Gasteiger partial charge in [0.2, 0.25) is 0 Å². The maximum Gasteiger partial charge on any atom is 0.404 e. The van der Waals surface area contributed by atoms with Crippen LogP contribution in [0, 0.1) is 11.8 Å². The number of nitrogens with one attached hydrogen (secondary N) is 2. The molecule has 4 N–H and O–H groups in total. The number of hydrogen-bond acceptors (Lipinski definition) is 6. The zero-order valence-corrected chi connectivity index (χ0v) is 21.5. The molecule has 0 radical (unpaired) electrons. The van der Waals surface area contributed by atoms with E-state index in [-0.39, 0.29) is 12.0 Å². The van der Waals surface area contributed by atoms with Crippen LogP contribution in [0.5, 0.6) is 0 Å². The fourth-order valence-electron chi connectivity index (χ4n) is 5.60. The third-order valence-electron chi connectivity index (χ3n) is 7.78. The summed E-state index contributed by atoms with van der Waals surface area (Å²) in [6.07, 6.45) is 6.12. The van der Waals surface area contributed by atoms with Gasteiger partial charge in [-0.3, -0.25) is 4.79 Å². The van der Waals surface area contributed by atoms with Gasteiger partial charge in [-0.25, -0.2) is 14.8 Å². The van der Waals surface area contributed by atoms with Crippen LogP contribution in [0.2, 0.25) is 0 Å². The Kier molecular flexibility index (Phi) is 8.03. The molecule has 200 valence electrons. The van der Waals surface area contributed by atoms with Gasteiger partial charge in [0.15, 0.2) is 0 Å². The van der Waals surface area contributed by atoms with Gasteiger partial charge in [0.25, 0.3) is 5.91 Å². The van der Waals surface area contributed by atoms with Gasteiger partial charge in [0.05, 0.1) is 22.9 Å². The van der Waals surface area contributed by atoms with E-state index >= 15 is 0 Å². The number of nitrogens with zero attached hydrogens (tertiary/aromatic N) is 3. The van der Waals surface area contributed by atoms with Crippen molar-refractivity contribution in [1.29, 1.82) is 0 Å². The van der Waals surface area contributed by atoms with Crippen LogP contribution in [0.15, 0.2) is 48.7 Å². The minimum Gasteiger partial charge on any atom is -0.465 e. The Morgan fingerprint density at radius 3 is 2.39 bits per heavy atom. The Morgan fingerprint density at radius 2 is 1.71 bits per heavy atom. The monoisotopic (exact) mass is 517 g/mol. The number of carboxylic acid groups (broad SMARTS) is 1. The molecule has 1 aliphatic carbocycles. The van der Waals surface area contributed by atoms with E-state index in [4.69, 9.17) is 10.1 Å². The summed E-state index contributed by atoms with van der Waals surface area (Å²) in [5, 5.41) is 25.2. The van der Waals surface area contributed by atoms with Crippen molar-refractivity contribution in [3.8, 4) is 11.3 Å². The standard InChI is InChI=1S/C29H35N5O4/c35-22-4-3-13-34(18-22)27-12-11-21(17-30-27)26-14-24(23-5-1-2-6-25(23)33-26)28(36)31-15-19-7-9-20(10-8-19)16-32-29(37)38/h1-2,5-6,11-12,14,17,19-20,22,32,35H,3-4,7-10,13,15-16,18H2,(H,31,36)(H,37,38). The SMILES string of the molecule is O=C(O)NCC1CCC(CNC(=O)c2cc(-c3ccc(N4CCCC(O)C4)nc3)nc3ccccc23)CC1. The second-order valence-electron chi connectivity index (χ2n) is 10.5. The number of β-amino-alcohol motifs (C(OH)–C–C–N with tert-alkyl or cyclic N) is 1. The molecular formula is C29H35N5O4. The van der Waals surface area contributed by atoms with Crippen LogP contribution in [-0.4, -0.2) is 64.5 Å². The molecular weight excluding hydrogens is 482 g/mol. The number of rotatable bonds is 7. The highest BCUT2D eigenvalue weighted by Gasteiger charge is 2.23. The molecule has 0 bridgehead atoms. The minimum atomic E-state index is -0.975. The quantitative estimate of drug-likeness (QED) is 0.372. The second kappa shape index (κ2) is 11.8. The highest BCUT2D eigenvalue weighted by Crippen LogP contribution is 2.29. The lowest BCUT2D eigenvalue weighted by molar-refractivity contribution is 0.0942. The van der Waals surface area contributed by atoms with E-state index in [1.165, 1.54) is 0 Å². The Bertz CT molecular complexity index is 1270. The number of aromatic nitrogens is 2. The molecule has 1 saturated carbocycles. The Labute approximate surface area is 222 Å². The van der Waals surface area contributed by atoms with Gasteiger partial charge in [-0.2, -0.15) is 0 Å². The number of para-hydroxylation sites is 1. The van der Waals surface area contributed by atoms with Gasteiger partial charge in [-0.15, -0.1) is 0 Å². The van der Waals surface area contributed by atoms with Crippen molar-refractivity contribution in [3.05, 3.63) is 54.2 Å². The average molecular weight is 518 g/mol. The maximum absolute atomic E-state index is 13.4. The van der Waals surface area contributed by atoms with Gasteiger partial charge in [0.1, 0.15) is 5.82 Å². The van der Waals surface area contributed by atoms with Crippen LogP contribution in [-0.2, 0) is 0 Å². The summed E-state index contributed by atoms with van der Waals surface area (Å²) in [4.78, 5) is 35.6. The molecule has 5 rings (SSSR count). The number of anilines is 1. The number of piperidine rings is 1. The molecule has 9 heteroatoms. The van der Waals surface area contributed by atoms with E-state index in [0.29, 0.717) is 42.7 Å². The smallest absolute Gasteiger partial charge is 0.404 e. The number of benzene rings is 1. The molecule has 2 amide bonds. The third-order valence-corrected chi connectivity index (χ3v) is 7.78. The summed E-state index contributed by atoms with van der Waals surface area (Å²) < 4.78 is 0. The molecule has 1 aromatic carbocycles. The second-order valence-corrected chi connectivity index (χ2v) is 10.5. The summed E-state index contributed by atoms with van der Waals surface area (Å²) in [5.74, 6) is 1.47. The van der Waals surface area contributed by atoms with Crippen molar-refractivity contribution >= 4 is 28.7 Å². The van der Waals surface area contributed by atoms with Crippen molar-refractivity contribution in [2.75, 3.05) is 31.1 Å². The predicted octanol–water partition coefficient (Wildman–Crippen LogP) is 4.06. The predicted molar refractivity (Wildman–Crippen MR) is 146 cm³/mol. The van der Waals surface area contributed by atoms with E-state index in [9.17, 15) is 14.7 Å². The molecule has 1 unspecified atom stereocenters. The molecule has 1 aliphatic heterocycles. The first-order valence-corrected chi connectivity index (χ1v) is 13.5. The van der Waals surface area contributed by atoms with E-state index < -0.39 is 6.09 Å². The van der Waals surface area contributed by atoms with Gasteiger partial charge in [-0.1, -0.05) is 18.2 Å². The van der Waals surface area contributed by atoms with Crippen LogP contribution in [0.25, 0.3) is 22.2 Å². The molecule has 2 aliphatic rings. The Hall–Kier alpha value is -3.72. The number of hydrogen-bond donors (Lipinski definition) is 4. The number of pyridine rings is 2. The van der Waals surface area contributed by atoms with Crippen LogP contribution < -0.4 is 15.5 Å². The van der Waals surface area contributed by atoms with Crippen molar-refractivity contribution in [1.82, 2.24) is 20.6 Å². The molecule has 9 nitrogen and oxygen atoms in total. The number of fused-ring (bicyclic) bond motifs is 1. The van der Waals surface area contributed by atoms with Crippen LogP contribution in [0.1, 0.15) is 48.9 Å². The summed E-state index contributed by atoms with van der Waals surface area (Å²) in [7, 11) is 0. The van der Waals surface area contributed by atoms with Crippen LogP contribution in [0.3, 0.4) is 0 Å². The van der Waals surface area contributed by atoms with Gasteiger partial charge in [-0.05, 0) is 74.6 Å². The zero-order valence-electron chi connectivity index (χ0n) is 21.5. The molecule has 38 heavy (non-hydrogen) atoms. The molecule has 3 aromatic rings.